The van der Waals surface area contributed by atoms with Gasteiger partial charge in [0.2, 0.25) is 0 Å². The molecular weight excluding hydrogens is 238 g/mol. The number of ketones is 1. The summed E-state index contributed by atoms with van der Waals surface area (Å²) in [7, 11) is 0. The number of nitrogens with zero attached hydrogens (tertiary/aromatic N) is 1. The molecule has 1 heterocycles. The van der Waals surface area contributed by atoms with E-state index in [2.05, 4.69) is 18.7 Å². The molecule has 1 unspecified atom stereocenters. The number of carbonyl (C=O) groups is 1. The van der Waals surface area contributed by atoms with Crippen molar-refractivity contribution in [3.8, 4) is 0 Å². The number of piperidine rings is 1. The van der Waals surface area contributed by atoms with E-state index in [1.165, 1.54) is 0 Å². The zero-order chi connectivity index (χ0) is 14.0. The number of rotatable bonds is 3. The van der Waals surface area contributed by atoms with Gasteiger partial charge in [0.25, 0.3) is 0 Å². The first kappa shape index (κ1) is 14.1. The van der Waals surface area contributed by atoms with E-state index in [0.29, 0.717) is 5.92 Å². The molecule has 1 aromatic rings. The first-order chi connectivity index (χ1) is 8.94. The lowest BCUT2D eigenvalue weighted by Crippen LogP contribution is -2.46. The molecule has 1 N–H and O–H groups in total. The second-order valence-electron chi connectivity index (χ2n) is 6.17. The standard InChI is InChI=1S/C16H23NO2/c1-12(19)13-4-6-15(7-5-13)17-9-8-16(2,3)14(10-17)11-18/h4-7,14,18H,8-11H2,1-3H3. The van der Waals surface area contributed by atoms with Gasteiger partial charge in [-0.1, -0.05) is 13.8 Å². The van der Waals surface area contributed by atoms with E-state index in [-0.39, 0.29) is 17.8 Å². The highest BCUT2D eigenvalue weighted by molar-refractivity contribution is 5.94. The molecule has 3 nitrogen and oxygen atoms in total. The Kier molecular flexibility index (Phi) is 3.95. The molecule has 3 heteroatoms. The van der Waals surface area contributed by atoms with Crippen LogP contribution in [0.3, 0.4) is 0 Å². The van der Waals surface area contributed by atoms with Crippen LogP contribution in [0.1, 0.15) is 37.6 Å². The third kappa shape index (κ3) is 2.98. The van der Waals surface area contributed by atoms with Crippen molar-refractivity contribution in [3.05, 3.63) is 29.8 Å². The van der Waals surface area contributed by atoms with Crippen molar-refractivity contribution in [3.63, 3.8) is 0 Å². The average Bonchev–Trinajstić information content (AvgIpc) is 2.38. The van der Waals surface area contributed by atoms with Gasteiger partial charge in [0.05, 0.1) is 0 Å². The lowest BCUT2D eigenvalue weighted by molar-refractivity contribution is 0.0967. The quantitative estimate of drug-likeness (QED) is 0.851. The van der Waals surface area contributed by atoms with Gasteiger partial charge in [0.15, 0.2) is 5.78 Å². The Morgan fingerprint density at radius 2 is 2.00 bits per heavy atom. The largest absolute Gasteiger partial charge is 0.396 e. The molecule has 0 spiro atoms. The van der Waals surface area contributed by atoms with Gasteiger partial charge in [-0.25, -0.2) is 0 Å². The Balaban J connectivity index is 2.13. The molecule has 2 rings (SSSR count). The van der Waals surface area contributed by atoms with Crippen molar-refractivity contribution in [1.29, 1.82) is 0 Å². The minimum atomic E-state index is 0.0968. The third-order valence-corrected chi connectivity index (χ3v) is 4.43. The predicted molar refractivity (Wildman–Crippen MR) is 77.6 cm³/mol. The summed E-state index contributed by atoms with van der Waals surface area (Å²) >= 11 is 0. The van der Waals surface area contributed by atoms with Crippen LogP contribution >= 0.6 is 0 Å². The lowest BCUT2D eigenvalue weighted by Gasteiger charge is -2.44. The second kappa shape index (κ2) is 5.33. The maximum atomic E-state index is 11.3. The molecule has 1 atom stereocenters. The Labute approximate surface area is 115 Å². The number of aliphatic hydroxyl groups is 1. The highest BCUT2D eigenvalue weighted by Crippen LogP contribution is 2.36. The molecule has 0 amide bonds. The van der Waals surface area contributed by atoms with Crippen LogP contribution in [0.2, 0.25) is 0 Å². The summed E-state index contributed by atoms with van der Waals surface area (Å²) in [4.78, 5) is 13.6. The molecule has 1 aliphatic heterocycles. The summed E-state index contributed by atoms with van der Waals surface area (Å²) < 4.78 is 0. The molecule has 0 aliphatic carbocycles. The SMILES string of the molecule is CC(=O)c1ccc(N2CCC(C)(C)C(CO)C2)cc1. The summed E-state index contributed by atoms with van der Waals surface area (Å²) in [6.07, 6.45) is 1.08. The molecule has 1 aromatic carbocycles. The van der Waals surface area contributed by atoms with Crippen LogP contribution in [0.15, 0.2) is 24.3 Å². The summed E-state index contributed by atoms with van der Waals surface area (Å²) in [5.74, 6) is 0.397. The predicted octanol–water partition coefficient (Wildman–Crippen LogP) is 2.73. The van der Waals surface area contributed by atoms with Crippen LogP contribution in [-0.2, 0) is 0 Å². The molecule has 0 radical (unpaired) electrons. The van der Waals surface area contributed by atoms with Gasteiger partial charge in [-0.05, 0) is 43.0 Å². The number of aliphatic hydroxyl groups excluding tert-OH is 1. The first-order valence-electron chi connectivity index (χ1n) is 6.91. The fourth-order valence-corrected chi connectivity index (χ4v) is 2.68. The number of anilines is 1. The maximum Gasteiger partial charge on any atom is 0.159 e. The Bertz CT molecular complexity index is 450. The number of benzene rings is 1. The minimum Gasteiger partial charge on any atom is -0.396 e. The summed E-state index contributed by atoms with van der Waals surface area (Å²) in [6, 6.07) is 7.77. The molecule has 0 saturated carbocycles. The van der Waals surface area contributed by atoms with Gasteiger partial charge in [-0.3, -0.25) is 4.79 Å². The highest BCUT2D eigenvalue weighted by Gasteiger charge is 2.34. The van der Waals surface area contributed by atoms with Crippen LogP contribution in [0, 0.1) is 11.3 Å². The molecule has 0 aromatic heterocycles. The summed E-state index contributed by atoms with van der Waals surface area (Å²) in [5, 5.41) is 9.54. The normalized spacial score (nSPS) is 22.3. The van der Waals surface area contributed by atoms with E-state index in [9.17, 15) is 9.90 Å². The molecule has 1 fully saturated rings. The van der Waals surface area contributed by atoms with Crippen LogP contribution in [0.25, 0.3) is 0 Å². The molecule has 104 valence electrons. The fourth-order valence-electron chi connectivity index (χ4n) is 2.68. The minimum absolute atomic E-state index is 0.0968. The molecule has 1 aliphatic rings. The van der Waals surface area contributed by atoms with Gasteiger partial charge in [-0.2, -0.15) is 0 Å². The third-order valence-electron chi connectivity index (χ3n) is 4.43. The van der Waals surface area contributed by atoms with Crippen molar-refractivity contribution >= 4 is 11.5 Å². The van der Waals surface area contributed by atoms with Crippen molar-refractivity contribution in [2.45, 2.75) is 27.2 Å². The maximum absolute atomic E-state index is 11.3. The van der Waals surface area contributed by atoms with Crippen LogP contribution in [0.5, 0.6) is 0 Å². The van der Waals surface area contributed by atoms with E-state index in [0.717, 1.165) is 30.8 Å². The molecule has 1 saturated heterocycles. The van der Waals surface area contributed by atoms with Gasteiger partial charge >= 0.3 is 0 Å². The average molecular weight is 261 g/mol. The van der Waals surface area contributed by atoms with Gasteiger partial charge < -0.3 is 10.0 Å². The van der Waals surface area contributed by atoms with E-state index in [4.69, 9.17) is 0 Å². The number of Topliss-reactive ketones (excluding diaryl/α,β-unsaturated/α-hetero) is 1. The molecule has 19 heavy (non-hydrogen) atoms. The second-order valence-corrected chi connectivity index (χ2v) is 6.17. The smallest absolute Gasteiger partial charge is 0.159 e. The number of hydrogen-bond donors (Lipinski definition) is 1. The first-order valence-corrected chi connectivity index (χ1v) is 6.91. The Morgan fingerprint density at radius 3 is 2.53 bits per heavy atom. The van der Waals surface area contributed by atoms with E-state index in [1.807, 2.05) is 24.3 Å². The molecular formula is C16H23NO2. The van der Waals surface area contributed by atoms with Crippen LogP contribution < -0.4 is 4.90 Å². The number of hydrogen-bond acceptors (Lipinski definition) is 3. The lowest BCUT2D eigenvalue weighted by atomic mass is 9.73. The zero-order valence-corrected chi connectivity index (χ0v) is 12.0. The van der Waals surface area contributed by atoms with Crippen molar-refractivity contribution in [2.75, 3.05) is 24.6 Å². The van der Waals surface area contributed by atoms with E-state index < -0.39 is 0 Å². The van der Waals surface area contributed by atoms with Crippen molar-refractivity contribution in [1.82, 2.24) is 0 Å². The monoisotopic (exact) mass is 261 g/mol. The molecule has 0 bridgehead atoms. The van der Waals surface area contributed by atoms with E-state index in [1.54, 1.807) is 6.92 Å². The number of carbonyl (C=O) groups excluding carboxylic acids is 1. The zero-order valence-electron chi connectivity index (χ0n) is 12.0. The van der Waals surface area contributed by atoms with Crippen molar-refractivity contribution in [2.24, 2.45) is 11.3 Å². The van der Waals surface area contributed by atoms with Crippen molar-refractivity contribution < 1.29 is 9.90 Å². The highest BCUT2D eigenvalue weighted by atomic mass is 16.3. The van der Waals surface area contributed by atoms with Crippen LogP contribution in [0.4, 0.5) is 5.69 Å². The Morgan fingerprint density at radius 1 is 1.37 bits per heavy atom. The summed E-state index contributed by atoms with van der Waals surface area (Å²) in [6.45, 7) is 8.15. The van der Waals surface area contributed by atoms with E-state index >= 15 is 0 Å². The Hall–Kier alpha value is -1.35. The van der Waals surface area contributed by atoms with Crippen LogP contribution in [-0.4, -0.2) is 30.6 Å². The van der Waals surface area contributed by atoms with Gasteiger partial charge in [0, 0.05) is 36.9 Å². The van der Waals surface area contributed by atoms with Gasteiger partial charge in [0.1, 0.15) is 0 Å². The summed E-state index contributed by atoms with van der Waals surface area (Å²) in [5.41, 5.74) is 2.09. The van der Waals surface area contributed by atoms with Gasteiger partial charge in [-0.15, -0.1) is 0 Å². The topological polar surface area (TPSA) is 40.5 Å². The fraction of sp³-hybridized carbons (Fsp3) is 0.562.